The highest BCUT2D eigenvalue weighted by Crippen LogP contribution is 2.31. The average Bonchev–Trinajstić information content (AvgIpc) is 3.19. The molecule has 6 nitrogen and oxygen atoms in total. The summed E-state index contributed by atoms with van der Waals surface area (Å²) in [6.45, 7) is 0.529. The molecule has 1 amide bonds. The zero-order chi connectivity index (χ0) is 23.9. The van der Waals surface area contributed by atoms with Gasteiger partial charge in [0.15, 0.2) is 0 Å². The number of nitrogens with one attached hydrogen (secondary N) is 1. The van der Waals surface area contributed by atoms with Crippen LogP contribution in [0.2, 0.25) is 10.0 Å². The number of carbonyl (C=O) groups is 1. The standard InChI is InChI=1S/C25H22Cl2N2O4S/c26-21-10-7-16(12-22(21)27)15-34(31,32)29-11-3-4-17(14-29)25(30)28-18-8-9-20-19-5-1-2-6-23(19)33-24(20)13-18/h1-2,5-10,12-13,17H,3-4,11,14-15H2,(H,28,30)/t17-/m0/s1. The number of rotatable bonds is 5. The molecule has 1 saturated heterocycles. The van der Waals surface area contributed by atoms with E-state index in [-0.39, 0.29) is 18.2 Å². The Hall–Kier alpha value is -2.58. The first-order chi connectivity index (χ1) is 16.3. The largest absolute Gasteiger partial charge is 0.456 e. The molecule has 4 aromatic rings. The smallest absolute Gasteiger partial charge is 0.228 e. The Kier molecular flexibility index (Phi) is 6.29. The number of fused-ring (bicyclic) bond motifs is 3. The summed E-state index contributed by atoms with van der Waals surface area (Å²) >= 11 is 12.0. The molecule has 5 rings (SSSR count). The van der Waals surface area contributed by atoms with E-state index < -0.39 is 15.9 Å². The molecular formula is C25H22Cl2N2O4S. The summed E-state index contributed by atoms with van der Waals surface area (Å²) in [5.74, 6) is -0.838. The maximum absolute atomic E-state index is 13.0. The van der Waals surface area contributed by atoms with Gasteiger partial charge in [0.25, 0.3) is 0 Å². The number of carbonyl (C=O) groups excluding carboxylic acids is 1. The molecule has 0 radical (unpaired) electrons. The van der Waals surface area contributed by atoms with E-state index in [0.717, 1.165) is 16.4 Å². The van der Waals surface area contributed by atoms with E-state index >= 15 is 0 Å². The van der Waals surface area contributed by atoms with Crippen LogP contribution in [0.1, 0.15) is 18.4 Å². The second-order valence-corrected chi connectivity index (χ2v) is 11.3. The summed E-state index contributed by atoms with van der Waals surface area (Å²) in [7, 11) is -3.61. The van der Waals surface area contributed by atoms with Crippen LogP contribution in [0.15, 0.2) is 65.1 Å². The van der Waals surface area contributed by atoms with Crippen LogP contribution in [-0.2, 0) is 20.6 Å². The summed E-state index contributed by atoms with van der Waals surface area (Å²) in [5.41, 5.74) is 2.65. The molecule has 0 aliphatic carbocycles. The Morgan fingerprint density at radius 3 is 2.62 bits per heavy atom. The number of furan rings is 1. The van der Waals surface area contributed by atoms with Crippen molar-refractivity contribution in [2.45, 2.75) is 18.6 Å². The Morgan fingerprint density at radius 1 is 1.00 bits per heavy atom. The van der Waals surface area contributed by atoms with Crippen LogP contribution in [0.5, 0.6) is 0 Å². The van der Waals surface area contributed by atoms with Gasteiger partial charge in [-0.1, -0.05) is 47.5 Å². The Labute approximate surface area is 207 Å². The van der Waals surface area contributed by atoms with Gasteiger partial charge in [-0.25, -0.2) is 12.7 Å². The Bertz CT molecular complexity index is 1500. The summed E-state index contributed by atoms with van der Waals surface area (Å²) in [6.07, 6.45) is 1.23. The van der Waals surface area contributed by atoms with Crippen LogP contribution in [0.25, 0.3) is 21.9 Å². The first-order valence-electron chi connectivity index (χ1n) is 10.9. The van der Waals surface area contributed by atoms with Gasteiger partial charge < -0.3 is 9.73 Å². The zero-order valence-corrected chi connectivity index (χ0v) is 20.5. The lowest BCUT2D eigenvalue weighted by Crippen LogP contribution is -2.44. The van der Waals surface area contributed by atoms with E-state index in [9.17, 15) is 13.2 Å². The summed E-state index contributed by atoms with van der Waals surface area (Å²) in [6, 6.07) is 18.1. The molecule has 2 heterocycles. The summed E-state index contributed by atoms with van der Waals surface area (Å²) in [4.78, 5) is 13.0. The molecule has 3 aromatic carbocycles. The molecule has 1 atom stereocenters. The van der Waals surface area contributed by atoms with E-state index in [2.05, 4.69) is 5.32 Å². The van der Waals surface area contributed by atoms with Crippen molar-refractivity contribution in [3.8, 4) is 0 Å². The molecule has 1 aliphatic heterocycles. The predicted molar refractivity (Wildman–Crippen MR) is 136 cm³/mol. The highest BCUT2D eigenvalue weighted by atomic mass is 35.5. The number of hydrogen-bond acceptors (Lipinski definition) is 4. The van der Waals surface area contributed by atoms with Gasteiger partial charge >= 0.3 is 0 Å². The Morgan fingerprint density at radius 2 is 1.79 bits per heavy atom. The molecule has 9 heteroatoms. The van der Waals surface area contributed by atoms with Crippen LogP contribution in [0.3, 0.4) is 0 Å². The minimum absolute atomic E-state index is 0.141. The van der Waals surface area contributed by atoms with Crippen LogP contribution < -0.4 is 5.32 Å². The topological polar surface area (TPSA) is 79.6 Å². The van der Waals surface area contributed by atoms with Gasteiger partial charge in [0, 0.05) is 35.6 Å². The van der Waals surface area contributed by atoms with Gasteiger partial charge in [0.1, 0.15) is 11.2 Å². The fraction of sp³-hybridized carbons (Fsp3) is 0.240. The molecule has 0 bridgehead atoms. The number of piperidine rings is 1. The average molecular weight is 517 g/mol. The fourth-order valence-corrected chi connectivity index (χ4v) is 6.31. The SMILES string of the molecule is O=C(Nc1ccc2c(c1)oc1ccccc12)[C@H]1CCCN(S(=O)(=O)Cc2ccc(Cl)c(Cl)c2)C1. The maximum Gasteiger partial charge on any atom is 0.228 e. The molecule has 1 N–H and O–H groups in total. The molecule has 1 aromatic heterocycles. The second kappa shape index (κ2) is 9.23. The molecule has 0 saturated carbocycles. The number of nitrogens with zero attached hydrogens (tertiary/aromatic N) is 1. The van der Waals surface area contributed by atoms with Crippen molar-refractivity contribution in [2.24, 2.45) is 5.92 Å². The third-order valence-electron chi connectivity index (χ3n) is 6.13. The number of halogens is 2. The van der Waals surface area contributed by atoms with Crippen LogP contribution >= 0.6 is 23.2 Å². The minimum atomic E-state index is -3.61. The van der Waals surface area contributed by atoms with Crippen molar-refractivity contribution < 1.29 is 17.6 Å². The van der Waals surface area contributed by atoms with E-state index in [1.807, 2.05) is 36.4 Å². The number of para-hydroxylation sites is 1. The number of amides is 1. The summed E-state index contributed by atoms with van der Waals surface area (Å²) < 4.78 is 33.3. The molecule has 0 spiro atoms. The van der Waals surface area contributed by atoms with Crippen molar-refractivity contribution in [1.29, 1.82) is 0 Å². The molecule has 176 valence electrons. The number of benzene rings is 3. The van der Waals surface area contributed by atoms with E-state index in [0.29, 0.717) is 46.3 Å². The monoisotopic (exact) mass is 516 g/mol. The minimum Gasteiger partial charge on any atom is -0.456 e. The predicted octanol–water partition coefficient (Wildman–Crippen LogP) is 6.07. The van der Waals surface area contributed by atoms with Gasteiger partial charge in [-0.05, 0) is 48.7 Å². The first kappa shape index (κ1) is 23.2. The van der Waals surface area contributed by atoms with Crippen LogP contribution in [0, 0.1) is 5.92 Å². The number of anilines is 1. The van der Waals surface area contributed by atoms with Crippen molar-refractivity contribution in [2.75, 3.05) is 18.4 Å². The van der Waals surface area contributed by atoms with E-state index in [1.54, 1.807) is 24.3 Å². The summed E-state index contributed by atoms with van der Waals surface area (Å²) in [5, 5.41) is 5.61. The molecule has 1 aliphatic rings. The quantitative estimate of drug-likeness (QED) is 0.348. The van der Waals surface area contributed by atoms with E-state index in [1.165, 1.54) is 4.31 Å². The maximum atomic E-state index is 13.0. The van der Waals surface area contributed by atoms with Gasteiger partial charge in [-0.15, -0.1) is 0 Å². The number of sulfonamides is 1. The van der Waals surface area contributed by atoms with Crippen molar-refractivity contribution >= 4 is 66.8 Å². The highest BCUT2D eigenvalue weighted by molar-refractivity contribution is 7.88. The third-order valence-corrected chi connectivity index (χ3v) is 8.68. The van der Waals surface area contributed by atoms with E-state index in [4.69, 9.17) is 27.6 Å². The lowest BCUT2D eigenvalue weighted by molar-refractivity contribution is -0.120. The van der Waals surface area contributed by atoms with Gasteiger partial charge in [0.2, 0.25) is 15.9 Å². The second-order valence-electron chi connectivity index (χ2n) is 8.50. The van der Waals surface area contributed by atoms with Crippen LogP contribution in [0.4, 0.5) is 5.69 Å². The van der Waals surface area contributed by atoms with Crippen molar-refractivity contribution in [3.05, 3.63) is 76.3 Å². The molecular weight excluding hydrogens is 495 g/mol. The molecule has 0 unspecified atom stereocenters. The van der Waals surface area contributed by atoms with Crippen molar-refractivity contribution in [3.63, 3.8) is 0 Å². The van der Waals surface area contributed by atoms with Crippen LogP contribution in [-0.4, -0.2) is 31.7 Å². The highest BCUT2D eigenvalue weighted by Gasteiger charge is 2.32. The Balaban J connectivity index is 1.28. The van der Waals surface area contributed by atoms with Gasteiger partial charge in [-0.2, -0.15) is 0 Å². The number of hydrogen-bond donors (Lipinski definition) is 1. The normalized spacial score (nSPS) is 17.3. The molecule has 1 fully saturated rings. The lowest BCUT2D eigenvalue weighted by Gasteiger charge is -2.31. The zero-order valence-electron chi connectivity index (χ0n) is 18.1. The van der Waals surface area contributed by atoms with Gasteiger partial charge in [0.05, 0.1) is 21.7 Å². The lowest BCUT2D eigenvalue weighted by atomic mass is 9.98. The van der Waals surface area contributed by atoms with Gasteiger partial charge in [-0.3, -0.25) is 4.79 Å². The van der Waals surface area contributed by atoms with Crippen molar-refractivity contribution in [1.82, 2.24) is 4.31 Å². The fourth-order valence-electron chi connectivity index (χ4n) is 4.39. The third kappa shape index (κ3) is 4.66. The first-order valence-corrected chi connectivity index (χ1v) is 13.3. The molecule has 34 heavy (non-hydrogen) atoms.